The topological polar surface area (TPSA) is 92.4 Å². The highest BCUT2D eigenvalue weighted by Crippen LogP contribution is 2.33. The molecule has 7 nitrogen and oxygen atoms in total. The number of carbonyl (C=O) groups is 1. The molecule has 4 rings (SSSR count). The molecule has 3 aromatic rings. The number of nitrogens with zero attached hydrogens (tertiary/aromatic N) is 2. The third-order valence-corrected chi connectivity index (χ3v) is 6.75. The van der Waals surface area contributed by atoms with Crippen molar-refractivity contribution in [3.63, 3.8) is 0 Å². The summed E-state index contributed by atoms with van der Waals surface area (Å²) >= 11 is 0. The molecule has 1 aromatic heterocycles. The first kappa shape index (κ1) is 23.8. The lowest BCUT2D eigenvalue weighted by atomic mass is 10.0. The second kappa shape index (κ2) is 8.79. The van der Waals surface area contributed by atoms with Crippen LogP contribution in [0.25, 0.3) is 11.3 Å². The maximum Gasteiger partial charge on any atom is 0.425 e. The van der Waals surface area contributed by atoms with Gasteiger partial charge in [-0.2, -0.15) is 18.3 Å². The van der Waals surface area contributed by atoms with Gasteiger partial charge >= 0.3 is 6.18 Å². The maximum absolute atomic E-state index is 13.4. The first-order valence-corrected chi connectivity index (χ1v) is 12.3. The van der Waals surface area contributed by atoms with Crippen molar-refractivity contribution in [1.82, 2.24) is 15.1 Å². The van der Waals surface area contributed by atoms with Crippen LogP contribution in [0.4, 0.5) is 13.2 Å². The van der Waals surface area contributed by atoms with Gasteiger partial charge in [-0.3, -0.25) is 9.89 Å². The van der Waals surface area contributed by atoms with Gasteiger partial charge in [-0.25, -0.2) is 8.42 Å². The number of sulfone groups is 1. The lowest BCUT2D eigenvalue weighted by Gasteiger charge is -2.28. The van der Waals surface area contributed by atoms with Crippen LogP contribution in [0, 0.1) is 0 Å². The molecule has 1 aliphatic rings. The van der Waals surface area contributed by atoms with E-state index in [0.717, 1.165) is 53.9 Å². The van der Waals surface area contributed by atoms with E-state index >= 15 is 0 Å². The molecule has 180 valence electrons. The molecular weight excluding hydrogens is 471 g/mol. The number of benzene rings is 2. The molecule has 1 N–H and O–H groups in total. The highest BCUT2D eigenvalue weighted by molar-refractivity contribution is 7.90. The van der Waals surface area contributed by atoms with E-state index in [1.165, 1.54) is 4.90 Å². The highest BCUT2D eigenvalue weighted by atomic mass is 32.2. The molecular formula is C23H22F3N3O4S. The molecule has 0 bridgehead atoms. The Hall–Kier alpha value is -3.34. The van der Waals surface area contributed by atoms with Crippen molar-refractivity contribution in [3.05, 3.63) is 65.4 Å². The van der Waals surface area contributed by atoms with Crippen LogP contribution in [0.2, 0.25) is 0 Å². The minimum Gasteiger partial charge on any atom is -0.480 e. The molecule has 0 saturated heterocycles. The molecule has 0 spiro atoms. The molecule has 1 aliphatic heterocycles. The largest absolute Gasteiger partial charge is 0.480 e. The molecule has 1 atom stereocenters. The number of ether oxygens (including phenoxy) is 1. The van der Waals surface area contributed by atoms with Crippen molar-refractivity contribution < 1.29 is 31.1 Å². The van der Waals surface area contributed by atoms with E-state index in [1.807, 2.05) is 30.3 Å². The van der Waals surface area contributed by atoms with E-state index in [0.29, 0.717) is 6.42 Å². The van der Waals surface area contributed by atoms with Crippen molar-refractivity contribution in [2.75, 3.05) is 12.8 Å². The summed E-state index contributed by atoms with van der Waals surface area (Å²) in [6.07, 6.45) is -5.45. The Labute approximate surface area is 194 Å². The maximum atomic E-state index is 13.4. The summed E-state index contributed by atoms with van der Waals surface area (Å²) in [4.78, 5) is 14.7. The van der Waals surface area contributed by atoms with Crippen molar-refractivity contribution in [3.8, 4) is 17.0 Å². The van der Waals surface area contributed by atoms with Gasteiger partial charge in [0.1, 0.15) is 5.75 Å². The van der Waals surface area contributed by atoms with E-state index in [1.54, 1.807) is 0 Å². The van der Waals surface area contributed by atoms with E-state index in [4.69, 9.17) is 4.74 Å². The molecule has 34 heavy (non-hydrogen) atoms. The molecule has 2 aromatic carbocycles. The normalized spacial score (nSPS) is 15.0. The average Bonchev–Trinajstić information content (AvgIpc) is 3.21. The first-order chi connectivity index (χ1) is 15.9. The lowest BCUT2D eigenvalue weighted by molar-refractivity contribution is -0.189. The Morgan fingerprint density at radius 1 is 1.18 bits per heavy atom. The van der Waals surface area contributed by atoms with Crippen LogP contribution >= 0.6 is 0 Å². The molecule has 0 saturated carbocycles. The zero-order valence-electron chi connectivity index (χ0n) is 18.4. The predicted octanol–water partition coefficient (Wildman–Crippen LogP) is 4.01. The van der Waals surface area contributed by atoms with Crippen LogP contribution in [0.3, 0.4) is 0 Å². The zero-order valence-corrected chi connectivity index (χ0v) is 19.2. The van der Waals surface area contributed by atoms with Crippen molar-refractivity contribution >= 4 is 15.7 Å². The van der Waals surface area contributed by atoms with Gasteiger partial charge in [0.2, 0.25) is 0 Å². The highest BCUT2D eigenvalue weighted by Gasteiger charge is 2.39. The molecule has 2 heterocycles. The second-order valence-corrected chi connectivity index (χ2v) is 10.1. The molecule has 0 fully saturated rings. The number of halogens is 3. The third kappa shape index (κ3) is 4.79. The van der Waals surface area contributed by atoms with E-state index < -0.39 is 28.0 Å². The minimum absolute atomic E-state index is 0.159. The fourth-order valence-corrected chi connectivity index (χ4v) is 4.39. The van der Waals surface area contributed by atoms with Gasteiger partial charge in [-0.05, 0) is 30.7 Å². The number of alkyl halides is 3. The minimum atomic E-state index is -4.66. The van der Waals surface area contributed by atoms with Gasteiger partial charge in [0, 0.05) is 31.3 Å². The van der Waals surface area contributed by atoms with Gasteiger partial charge in [0.05, 0.1) is 21.8 Å². The number of hydrogen-bond donors (Lipinski definition) is 1. The van der Waals surface area contributed by atoms with Crippen LogP contribution in [-0.4, -0.2) is 54.5 Å². The van der Waals surface area contributed by atoms with Crippen LogP contribution < -0.4 is 4.74 Å². The quantitative estimate of drug-likeness (QED) is 0.580. The van der Waals surface area contributed by atoms with Gasteiger partial charge in [-0.1, -0.05) is 30.3 Å². The Morgan fingerprint density at radius 2 is 1.88 bits per heavy atom. The Morgan fingerprint density at radius 3 is 2.53 bits per heavy atom. The number of hydrogen-bond acceptors (Lipinski definition) is 5. The molecule has 0 radical (unpaired) electrons. The monoisotopic (exact) mass is 493 g/mol. The van der Waals surface area contributed by atoms with Crippen LogP contribution in [0.1, 0.15) is 28.5 Å². The van der Waals surface area contributed by atoms with Gasteiger partial charge in [0.25, 0.3) is 5.91 Å². The van der Waals surface area contributed by atoms with Crippen molar-refractivity contribution in [2.45, 2.75) is 37.1 Å². The lowest BCUT2D eigenvalue weighted by Crippen LogP contribution is -2.37. The number of fused-ring (bicyclic) bond motifs is 1. The summed E-state index contributed by atoms with van der Waals surface area (Å²) < 4.78 is 68.4. The van der Waals surface area contributed by atoms with Crippen LogP contribution in [0.5, 0.6) is 5.75 Å². The van der Waals surface area contributed by atoms with E-state index in [9.17, 15) is 26.4 Å². The fourth-order valence-electron chi connectivity index (χ4n) is 3.74. The van der Waals surface area contributed by atoms with E-state index in [-0.39, 0.29) is 29.3 Å². The number of amides is 1. The van der Waals surface area contributed by atoms with Gasteiger partial charge in [0.15, 0.2) is 15.9 Å². The van der Waals surface area contributed by atoms with Crippen molar-refractivity contribution in [2.24, 2.45) is 0 Å². The summed E-state index contributed by atoms with van der Waals surface area (Å²) in [6, 6.07) is 12.7. The fraction of sp³-hybridized carbons (Fsp3) is 0.304. The van der Waals surface area contributed by atoms with Crippen molar-refractivity contribution in [1.29, 1.82) is 0 Å². The van der Waals surface area contributed by atoms with E-state index in [2.05, 4.69) is 10.2 Å². The third-order valence-electron chi connectivity index (χ3n) is 5.64. The Bertz CT molecular complexity index is 1320. The summed E-state index contributed by atoms with van der Waals surface area (Å²) in [5, 5.41) is 7.34. The summed E-state index contributed by atoms with van der Waals surface area (Å²) in [5.41, 5.74) is 2.99. The number of carbonyl (C=O) groups excluding carboxylic acids is 1. The number of H-pyrrole nitrogens is 1. The second-order valence-electron chi connectivity index (χ2n) is 8.10. The zero-order chi connectivity index (χ0) is 24.7. The molecule has 1 unspecified atom stereocenters. The number of aromatic nitrogens is 2. The number of aromatic amines is 1. The first-order valence-electron chi connectivity index (χ1n) is 10.4. The average molecular weight is 494 g/mol. The summed E-state index contributed by atoms with van der Waals surface area (Å²) in [6.45, 7) is 1.25. The van der Waals surface area contributed by atoms with Gasteiger partial charge < -0.3 is 9.64 Å². The smallest absolute Gasteiger partial charge is 0.425 e. The number of rotatable bonds is 5. The molecule has 11 heteroatoms. The standard InChI is InChI=1S/C23H22F3N3O4S/c1-14(23(24,25)26)33-20-9-8-16(34(2,31)32)12-17(20)22(30)29-11-10-19-18(13-29)21(28-27-19)15-6-4-3-5-7-15/h3-9,12,14H,10-11,13H2,1-2H3,(H,27,28). The summed E-state index contributed by atoms with van der Waals surface area (Å²) in [7, 11) is -3.71. The predicted molar refractivity (Wildman–Crippen MR) is 118 cm³/mol. The number of nitrogens with one attached hydrogen (secondary N) is 1. The van der Waals surface area contributed by atoms with Crippen LogP contribution in [0.15, 0.2) is 53.4 Å². The molecule has 0 aliphatic carbocycles. The SMILES string of the molecule is CC(Oc1ccc(S(C)(=O)=O)cc1C(=O)N1CCc2n[nH]c(-c3ccccc3)c2C1)C(F)(F)F. The summed E-state index contributed by atoms with van der Waals surface area (Å²) in [5.74, 6) is -0.954. The van der Waals surface area contributed by atoms with Crippen LogP contribution in [-0.2, 0) is 22.8 Å². The Kier molecular flexibility index (Phi) is 6.15. The molecule has 1 amide bonds. The van der Waals surface area contributed by atoms with Gasteiger partial charge in [-0.15, -0.1) is 0 Å². The Balaban J connectivity index is 1.69.